The number of nitrogens with zero attached hydrogens (tertiary/aromatic N) is 4. The van der Waals surface area contributed by atoms with Crippen molar-refractivity contribution in [2.75, 3.05) is 33.9 Å². The lowest BCUT2D eigenvalue weighted by Gasteiger charge is -2.28. The van der Waals surface area contributed by atoms with E-state index in [-0.39, 0.29) is 18.1 Å². The van der Waals surface area contributed by atoms with Gasteiger partial charge in [-0.1, -0.05) is 0 Å². The molecule has 0 spiro atoms. The first-order valence-electron chi connectivity index (χ1n) is 10.2. The Kier molecular flexibility index (Phi) is 7.33. The van der Waals surface area contributed by atoms with E-state index in [0.717, 1.165) is 22.6 Å². The van der Waals surface area contributed by atoms with Crippen molar-refractivity contribution in [2.45, 2.75) is 39.1 Å². The average molecular weight is 417 g/mol. The molecule has 30 heavy (non-hydrogen) atoms. The van der Waals surface area contributed by atoms with E-state index in [0.29, 0.717) is 32.8 Å². The van der Waals surface area contributed by atoms with E-state index in [1.54, 1.807) is 18.9 Å². The molecule has 2 heterocycles. The Morgan fingerprint density at radius 3 is 2.37 bits per heavy atom. The molecule has 1 fully saturated rings. The van der Waals surface area contributed by atoms with Crippen LogP contribution < -0.4 is 9.47 Å². The zero-order valence-electron chi connectivity index (χ0n) is 18.5. The molecule has 1 aliphatic rings. The number of methoxy groups -OCH3 is 2. The molecule has 1 aliphatic heterocycles. The first kappa shape index (κ1) is 22.1. The van der Waals surface area contributed by atoms with E-state index >= 15 is 0 Å². The predicted octanol–water partition coefficient (Wildman–Crippen LogP) is 2.08. The molecular weight excluding hydrogens is 384 g/mol. The zero-order valence-corrected chi connectivity index (χ0v) is 18.5. The van der Waals surface area contributed by atoms with Crippen molar-refractivity contribution in [1.29, 1.82) is 0 Å². The summed E-state index contributed by atoms with van der Waals surface area (Å²) < 4.78 is 18.8. The molecular formula is C22H32N4O4. The Morgan fingerprint density at radius 1 is 1.10 bits per heavy atom. The largest absolute Gasteiger partial charge is 0.497 e. The zero-order chi connectivity index (χ0) is 21.7. The minimum Gasteiger partial charge on any atom is -0.497 e. The quantitative estimate of drug-likeness (QED) is 0.656. The molecule has 0 saturated carbocycles. The monoisotopic (exact) mass is 416 g/mol. The summed E-state index contributed by atoms with van der Waals surface area (Å²) in [5, 5.41) is 4.24. The van der Waals surface area contributed by atoms with Crippen LogP contribution in [0.2, 0.25) is 0 Å². The van der Waals surface area contributed by atoms with Crippen molar-refractivity contribution in [3.63, 3.8) is 0 Å². The summed E-state index contributed by atoms with van der Waals surface area (Å²) in [6.07, 6.45) is 3.72. The second kappa shape index (κ2) is 9.95. The number of hydrogen-bond donors (Lipinski definition) is 0. The first-order valence-corrected chi connectivity index (χ1v) is 10.2. The van der Waals surface area contributed by atoms with Crippen molar-refractivity contribution in [2.24, 2.45) is 7.05 Å². The van der Waals surface area contributed by atoms with Crippen LogP contribution in [0.4, 0.5) is 0 Å². The number of amides is 1. The van der Waals surface area contributed by atoms with Gasteiger partial charge in [0.25, 0.3) is 0 Å². The van der Waals surface area contributed by atoms with Crippen molar-refractivity contribution in [1.82, 2.24) is 19.6 Å². The normalized spacial score (nSPS) is 18.0. The molecule has 1 atom stereocenters. The van der Waals surface area contributed by atoms with Gasteiger partial charge in [-0.15, -0.1) is 0 Å². The van der Waals surface area contributed by atoms with Crippen LogP contribution in [0.25, 0.3) is 0 Å². The fraction of sp³-hybridized carbons (Fsp3) is 0.545. The minimum absolute atomic E-state index is 0.104. The lowest BCUT2D eigenvalue weighted by Crippen LogP contribution is -2.42. The maximum absolute atomic E-state index is 12.8. The summed E-state index contributed by atoms with van der Waals surface area (Å²) in [6.45, 7) is 6.78. The van der Waals surface area contributed by atoms with Crippen molar-refractivity contribution in [3.8, 4) is 11.5 Å². The van der Waals surface area contributed by atoms with Gasteiger partial charge in [-0.25, -0.2) is 0 Å². The number of ether oxygens (including phenoxy) is 3. The maximum atomic E-state index is 12.8. The van der Waals surface area contributed by atoms with Gasteiger partial charge < -0.3 is 19.1 Å². The number of carbonyl (C=O) groups is 1. The molecule has 0 aliphatic carbocycles. The smallest absolute Gasteiger partial charge is 0.237 e. The fourth-order valence-corrected chi connectivity index (χ4v) is 3.71. The Bertz CT molecular complexity index is 829. The lowest BCUT2D eigenvalue weighted by atomic mass is 10.2. The molecule has 0 radical (unpaired) electrons. The van der Waals surface area contributed by atoms with Gasteiger partial charge in [-0.2, -0.15) is 5.10 Å². The van der Waals surface area contributed by atoms with E-state index in [2.05, 4.69) is 10.00 Å². The molecule has 1 aromatic heterocycles. The van der Waals surface area contributed by atoms with Crippen LogP contribution in [0.5, 0.6) is 11.5 Å². The molecule has 8 heteroatoms. The number of carbonyl (C=O) groups excluding carboxylic acids is 1. The fourth-order valence-electron chi connectivity index (χ4n) is 3.71. The van der Waals surface area contributed by atoms with Crippen LogP contribution in [0, 0.1) is 0 Å². The second-order valence-corrected chi connectivity index (χ2v) is 7.99. The van der Waals surface area contributed by atoms with Crippen LogP contribution >= 0.6 is 0 Å². The highest BCUT2D eigenvalue weighted by Gasteiger charge is 2.30. The highest BCUT2D eigenvalue weighted by atomic mass is 16.5. The second-order valence-electron chi connectivity index (χ2n) is 7.99. The van der Waals surface area contributed by atoms with Gasteiger partial charge in [0.1, 0.15) is 11.5 Å². The van der Waals surface area contributed by atoms with Gasteiger partial charge in [0, 0.05) is 50.6 Å². The van der Waals surface area contributed by atoms with Gasteiger partial charge in [-0.3, -0.25) is 14.4 Å². The van der Waals surface area contributed by atoms with Gasteiger partial charge in [0.15, 0.2) is 0 Å². The number of aromatic nitrogens is 2. The van der Waals surface area contributed by atoms with Gasteiger partial charge in [0.2, 0.25) is 5.91 Å². The summed E-state index contributed by atoms with van der Waals surface area (Å²) in [5.74, 6) is 1.58. The summed E-state index contributed by atoms with van der Waals surface area (Å²) >= 11 is 0. The Morgan fingerprint density at radius 2 is 1.80 bits per heavy atom. The van der Waals surface area contributed by atoms with Crippen LogP contribution in [-0.2, 0) is 29.7 Å². The molecule has 1 amide bonds. The Labute approximate surface area is 178 Å². The highest BCUT2D eigenvalue weighted by molar-refractivity contribution is 5.79. The van der Waals surface area contributed by atoms with Gasteiger partial charge in [-0.05, 0) is 31.5 Å². The Hall–Kier alpha value is -2.58. The minimum atomic E-state index is -0.104. The third kappa shape index (κ3) is 5.73. The molecule has 8 nitrogen and oxygen atoms in total. The number of benzene rings is 1. The number of aryl methyl sites for hydroxylation is 1. The maximum Gasteiger partial charge on any atom is 0.237 e. The third-order valence-corrected chi connectivity index (χ3v) is 5.23. The molecule has 1 unspecified atom stereocenters. The predicted molar refractivity (Wildman–Crippen MR) is 113 cm³/mol. The van der Waals surface area contributed by atoms with E-state index < -0.39 is 0 Å². The van der Waals surface area contributed by atoms with Gasteiger partial charge in [0.05, 0.1) is 39.7 Å². The summed E-state index contributed by atoms with van der Waals surface area (Å²) in [5.41, 5.74) is 2.05. The molecule has 1 saturated heterocycles. The molecule has 164 valence electrons. The molecule has 0 bridgehead atoms. The summed E-state index contributed by atoms with van der Waals surface area (Å²) in [6, 6.07) is 5.85. The molecule has 1 aromatic carbocycles. The van der Waals surface area contributed by atoms with Crippen LogP contribution in [0.15, 0.2) is 30.6 Å². The summed E-state index contributed by atoms with van der Waals surface area (Å²) in [4.78, 5) is 16.9. The molecule has 3 rings (SSSR count). The van der Waals surface area contributed by atoms with Crippen molar-refractivity contribution < 1.29 is 19.0 Å². The standard InChI is InChI=1S/C22H32N4O4/c1-16(2)26-13-21(30-15-17-6-19(28-4)8-20(7-17)29-5)12-25(14-22(26)27)11-18-9-23-24(3)10-18/h6-10,16,21H,11-15H2,1-5H3. The number of rotatable bonds is 8. The van der Waals surface area contributed by atoms with Crippen LogP contribution in [0.3, 0.4) is 0 Å². The lowest BCUT2D eigenvalue weighted by molar-refractivity contribution is -0.133. The van der Waals surface area contributed by atoms with E-state index in [1.807, 2.05) is 56.4 Å². The van der Waals surface area contributed by atoms with Crippen molar-refractivity contribution in [3.05, 3.63) is 41.7 Å². The van der Waals surface area contributed by atoms with Crippen LogP contribution in [-0.4, -0.2) is 71.5 Å². The summed E-state index contributed by atoms with van der Waals surface area (Å²) in [7, 11) is 5.16. The van der Waals surface area contributed by atoms with E-state index in [1.165, 1.54) is 0 Å². The third-order valence-electron chi connectivity index (χ3n) is 5.23. The highest BCUT2D eigenvalue weighted by Crippen LogP contribution is 2.24. The topological polar surface area (TPSA) is 69.1 Å². The first-order chi connectivity index (χ1) is 14.4. The van der Waals surface area contributed by atoms with E-state index in [9.17, 15) is 4.79 Å². The average Bonchev–Trinajstić information content (AvgIpc) is 3.05. The molecule has 2 aromatic rings. The Balaban J connectivity index is 1.72. The van der Waals surface area contributed by atoms with Gasteiger partial charge >= 0.3 is 0 Å². The van der Waals surface area contributed by atoms with E-state index in [4.69, 9.17) is 14.2 Å². The molecule has 0 N–H and O–H groups in total. The number of hydrogen-bond acceptors (Lipinski definition) is 6. The van der Waals surface area contributed by atoms with Crippen molar-refractivity contribution >= 4 is 5.91 Å². The SMILES string of the molecule is COc1cc(COC2CN(Cc3cnn(C)c3)CC(=O)N(C(C)C)C2)cc(OC)c1. The van der Waals surface area contributed by atoms with Crippen LogP contribution in [0.1, 0.15) is 25.0 Å².